The second kappa shape index (κ2) is 5.43. The molecule has 5 heteroatoms. The Balaban J connectivity index is 2.60. The first-order valence-corrected chi connectivity index (χ1v) is 7.05. The van der Waals surface area contributed by atoms with Gasteiger partial charge in [-0.25, -0.2) is 8.78 Å². The molecule has 0 spiro atoms. The van der Waals surface area contributed by atoms with Gasteiger partial charge >= 0.3 is 0 Å². The van der Waals surface area contributed by atoms with Crippen LogP contribution in [0.2, 0.25) is 5.02 Å². The van der Waals surface area contributed by atoms with Crippen LogP contribution in [0, 0.1) is 18.6 Å². The van der Waals surface area contributed by atoms with Crippen molar-refractivity contribution in [1.82, 2.24) is 0 Å². The van der Waals surface area contributed by atoms with Crippen LogP contribution in [0.4, 0.5) is 8.78 Å². The molecular formula is C15H12BrClF2O. The van der Waals surface area contributed by atoms with E-state index in [-0.39, 0.29) is 16.1 Å². The van der Waals surface area contributed by atoms with Crippen molar-refractivity contribution >= 4 is 27.5 Å². The van der Waals surface area contributed by atoms with Crippen LogP contribution in [0.15, 0.2) is 34.8 Å². The fourth-order valence-electron chi connectivity index (χ4n) is 1.95. The van der Waals surface area contributed by atoms with E-state index in [2.05, 4.69) is 15.9 Å². The minimum Gasteiger partial charge on any atom is -0.381 e. The molecule has 0 aliphatic heterocycles. The van der Waals surface area contributed by atoms with Crippen LogP contribution in [0.25, 0.3) is 0 Å². The number of halogens is 4. The van der Waals surface area contributed by atoms with Crippen molar-refractivity contribution < 1.29 is 13.9 Å². The zero-order chi connectivity index (χ0) is 15.1. The Morgan fingerprint density at radius 2 is 1.85 bits per heavy atom. The predicted molar refractivity (Wildman–Crippen MR) is 78.9 cm³/mol. The van der Waals surface area contributed by atoms with Gasteiger partial charge in [0.25, 0.3) is 0 Å². The zero-order valence-corrected chi connectivity index (χ0v) is 13.2. The summed E-state index contributed by atoms with van der Waals surface area (Å²) in [5.41, 5.74) is -0.964. The van der Waals surface area contributed by atoms with Crippen LogP contribution < -0.4 is 0 Å². The third-order valence-electron chi connectivity index (χ3n) is 3.29. The van der Waals surface area contributed by atoms with E-state index in [0.717, 1.165) is 0 Å². The lowest BCUT2D eigenvalue weighted by Crippen LogP contribution is -2.24. The van der Waals surface area contributed by atoms with Gasteiger partial charge in [0, 0.05) is 10.0 Å². The van der Waals surface area contributed by atoms with E-state index in [0.29, 0.717) is 10.0 Å². The monoisotopic (exact) mass is 360 g/mol. The first kappa shape index (κ1) is 15.4. The van der Waals surface area contributed by atoms with Crippen molar-refractivity contribution in [2.24, 2.45) is 0 Å². The highest BCUT2D eigenvalue weighted by Gasteiger charge is 2.30. The Morgan fingerprint density at radius 3 is 2.45 bits per heavy atom. The topological polar surface area (TPSA) is 20.2 Å². The highest BCUT2D eigenvalue weighted by atomic mass is 79.9. The highest BCUT2D eigenvalue weighted by Crippen LogP contribution is 2.36. The standard InChI is InChI=1S/C15H12BrClF2O/c1-8-3-4-9(7-12(8)18)15(2,20)10-5-6-11(16)13(17)14(10)19/h3-7,20H,1-2H3. The molecule has 0 saturated heterocycles. The summed E-state index contributed by atoms with van der Waals surface area (Å²) in [6.45, 7) is 3.02. The third kappa shape index (κ3) is 2.60. The quantitative estimate of drug-likeness (QED) is 0.751. The molecule has 1 nitrogen and oxygen atoms in total. The van der Waals surface area contributed by atoms with Crippen LogP contribution in [0.1, 0.15) is 23.6 Å². The van der Waals surface area contributed by atoms with Gasteiger partial charge in [-0.1, -0.05) is 29.8 Å². The molecule has 2 rings (SSSR count). The fraction of sp³-hybridized carbons (Fsp3) is 0.200. The van der Waals surface area contributed by atoms with E-state index in [1.165, 1.54) is 25.1 Å². The average Bonchev–Trinajstić information content (AvgIpc) is 2.38. The minimum absolute atomic E-state index is 0.00560. The van der Waals surface area contributed by atoms with Gasteiger partial charge in [-0.15, -0.1) is 0 Å². The van der Waals surface area contributed by atoms with Crippen molar-refractivity contribution in [2.45, 2.75) is 19.4 Å². The lowest BCUT2D eigenvalue weighted by atomic mass is 9.87. The molecule has 0 amide bonds. The van der Waals surface area contributed by atoms with Gasteiger partial charge < -0.3 is 5.11 Å². The lowest BCUT2D eigenvalue weighted by Gasteiger charge is -2.26. The largest absolute Gasteiger partial charge is 0.381 e. The molecule has 2 aromatic rings. The van der Waals surface area contributed by atoms with Crippen LogP contribution >= 0.6 is 27.5 Å². The van der Waals surface area contributed by atoms with Gasteiger partial charge in [0.05, 0.1) is 5.02 Å². The smallest absolute Gasteiger partial charge is 0.149 e. The molecule has 0 heterocycles. The Kier molecular flexibility index (Phi) is 4.19. The Bertz CT molecular complexity index is 671. The molecule has 0 fully saturated rings. The second-order valence-electron chi connectivity index (χ2n) is 4.76. The molecule has 0 radical (unpaired) electrons. The maximum atomic E-state index is 14.2. The number of aryl methyl sites for hydroxylation is 1. The van der Waals surface area contributed by atoms with Crippen molar-refractivity contribution in [1.29, 1.82) is 0 Å². The third-order valence-corrected chi connectivity index (χ3v) is 4.55. The maximum absolute atomic E-state index is 14.2. The number of rotatable bonds is 2. The van der Waals surface area contributed by atoms with Crippen molar-refractivity contribution in [3.8, 4) is 0 Å². The second-order valence-corrected chi connectivity index (χ2v) is 5.99. The average molecular weight is 362 g/mol. The Labute approximate surface area is 129 Å². The number of hydrogen-bond acceptors (Lipinski definition) is 1. The normalized spacial score (nSPS) is 14.2. The SMILES string of the molecule is Cc1ccc(C(C)(O)c2ccc(Br)c(Cl)c2F)cc1F. The Hall–Kier alpha value is -0.970. The zero-order valence-electron chi connectivity index (χ0n) is 10.8. The summed E-state index contributed by atoms with van der Waals surface area (Å²) < 4.78 is 28.2. The number of hydrogen-bond donors (Lipinski definition) is 1. The van der Waals surface area contributed by atoms with E-state index in [1.807, 2.05) is 0 Å². The molecule has 1 unspecified atom stereocenters. The number of benzene rings is 2. The number of aliphatic hydroxyl groups is 1. The molecule has 1 atom stereocenters. The van der Waals surface area contributed by atoms with Crippen LogP contribution in [0.3, 0.4) is 0 Å². The summed E-state index contributed by atoms with van der Waals surface area (Å²) in [7, 11) is 0. The van der Waals surface area contributed by atoms with Crippen molar-refractivity contribution in [2.75, 3.05) is 0 Å². The summed E-state index contributed by atoms with van der Waals surface area (Å²) in [5.74, 6) is -1.18. The van der Waals surface area contributed by atoms with Crippen molar-refractivity contribution in [3.63, 3.8) is 0 Å². The van der Waals surface area contributed by atoms with Gasteiger partial charge in [0.1, 0.15) is 17.2 Å². The van der Waals surface area contributed by atoms with E-state index in [1.54, 1.807) is 19.1 Å². The van der Waals surface area contributed by atoms with Crippen LogP contribution in [0.5, 0.6) is 0 Å². The molecule has 20 heavy (non-hydrogen) atoms. The summed E-state index contributed by atoms with van der Waals surface area (Å²) in [5, 5.41) is 10.5. The van der Waals surface area contributed by atoms with Gasteiger partial charge in [-0.2, -0.15) is 0 Å². The van der Waals surface area contributed by atoms with E-state index < -0.39 is 17.2 Å². The molecule has 0 saturated carbocycles. The molecule has 0 aliphatic rings. The maximum Gasteiger partial charge on any atom is 0.149 e. The molecule has 0 aliphatic carbocycles. The predicted octanol–water partition coefficient (Wildman–Crippen LogP) is 4.94. The Morgan fingerprint density at radius 1 is 1.20 bits per heavy atom. The van der Waals surface area contributed by atoms with Gasteiger partial charge in [-0.05, 0) is 53.0 Å². The minimum atomic E-state index is -1.68. The molecule has 2 aromatic carbocycles. The first-order valence-electron chi connectivity index (χ1n) is 5.88. The molecule has 0 aromatic heterocycles. The summed E-state index contributed by atoms with van der Waals surface area (Å²) in [4.78, 5) is 0. The van der Waals surface area contributed by atoms with E-state index in [4.69, 9.17) is 11.6 Å². The molecule has 1 N–H and O–H groups in total. The van der Waals surface area contributed by atoms with Crippen LogP contribution in [-0.4, -0.2) is 5.11 Å². The van der Waals surface area contributed by atoms with E-state index in [9.17, 15) is 13.9 Å². The van der Waals surface area contributed by atoms with Crippen LogP contribution in [-0.2, 0) is 5.60 Å². The van der Waals surface area contributed by atoms with Gasteiger partial charge in [-0.3, -0.25) is 0 Å². The molecular weight excluding hydrogens is 350 g/mol. The summed E-state index contributed by atoms with van der Waals surface area (Å²) >= 11 is 8.94. The highest BCUT2D eigenvalue weighted by molar-refractivity contribution is 9.10. The van der Waals surface area contributed by atoms with Gasteiger partial charge in [0.2, 0.25) is 0 Å². The molecule has 106 valence electrons. The fourth-order valence-corrected chi connectivity index (χ4v) is 2.42. The van der Waals surface area contributed by atoms with Gasteiger partial charge in [0.15, 0.2) is 0 Å². The van der Waals surface area contributed by atoms with E-state index >= 15 is 0 Å². The lowest BCUT2D eigenvalue weighted by molar-refractivity contribution is 0.0975. The van der Waals surface area contributed by atoms with Crippen molar-refractivity contribution in [3.05, 3.63) is 68.2 Å². The molecule has 0 bridgehead atoms. The summed E-state index contributed by atoms with van der Waals surface area (Å²) in [6, 6.07) is 7.26. The first-order chi connectivity index (χ1) is 9.25. The summed E-state index contributed by atoms with van der Waals surface area (Å²) in [6.07, 6.45) is 0.